The summed E-state index contributed by atoms with van der Waals surface area (Å²) in [7, 11) is -2.26. The maximum atomic E-state index is 12.6. The highest BCUT2D eigenvalue weighted by molar-refractivity contribution is 7.92. The van der Waals surface area contributed by atoms with Crippen LogP contribution in [0, 0.1) is 0 Å². The highest BCUT2D eigenvalue weighted by Gasteiger charge is 2.16. The largest absolute Gasteiger partial charge is 0.462 e. The first-order chi connectivity index (χ1) is 13.8. The topological polar surface area (TPSA) is 107 Å². The summed E-state index contributed by atoms with van der Waals surface area (Å²) in [6.07, 6.45) is 0. The highest BCUT2D eigenvalue weighted by atomic mass is 32.2. The monoisotopic (exact) mass is 413 g/mol. The summed E-state index contributed by atoms with van der Waals surface area (Å²) in [4.78, 5) is 23.1. The van der Waals surface area contributed by atoms with E-state index in [-0.39, 0.29) is 22.6 Å². The molecule has 1 aromatic heterocycles. The van der Waals surface area contributed by atoms with Crippen LogP contribution in [0.4, 0.5) is 5.69 Å². The van der Waals surface area contributed by atoms with E-state index in [2.05, 4.69) is 9.82 Å². The van der Waals surface area contributed by atoms with Gasteiger partial charge in [0.05, 0.1) is 22.8 Å². The number of carbonyl (C=O) groups is 1. The minimum absolute atomic E-state index is 0.0225. The summed E-state index contributed by atoms with van der Waals surface area (Å²) in [5.41, 5.74) is 1.76. The molecule has 0 atom stereocenters. The SMILES string of the molecule is CCOC(=O)c1ccc(S(=O)(=O)Nc2ccc(-c3ccc(=O)n(C)n3)cc2)cc1. The molecule has 0 fully saturated rings. The van der Waals surface area contributed by atoms with Crippen molar-refractivity contribution >= 4 is 21.7 Å². The van der Waals surface area contributed by atoms with Gasteiger partial charge in [-0.05, 0) is 49.4 Å². The lowest BCUT2D eigenvalue weighted by Crippen LogP contribution is -2.18. The first kappa shape index (κ1) is 20.3. The minimum Gasteiger partial charge on any atom is -0.462 e. The number of anilines is 1. The van der Waals surface area contributed by atoms with Crippen molar-refractivity contribution in [2.24, 2.45) is 7.05 Å². The fraction of sp³-hybridized carbons (Fsp3) is 0.150. The number of sulfonamides is 1. The molecule has 3 rings (SSSR count). The number of nitrogens with zero attached hydrogens (tertiary/aromatic N) is 2. The normalized spacial score (nSPS) is 11.1. The molecule has 0 bridgehead atoms. The van der Waals surface area contributed by atoms with Gasteiger partial charge in [-0.2, -0.15) is 5.10 Å². The van der Waals surface area contributed by atoms with Gasteiger partial charge in [0.2, 0.25) is 0 Å². The van der Waals surface area contributed by atoms with E-state index in [9.17, 15) is 18.0 Å². The summed E-state index contributed by atoms with van der Waals surface area (Å²) in [6, 6.07) is 15.1. The molecule has 2 aromatic carbocycles. The van der Waals surface area contributed by atoms with Crippen LogP contribution in [-0.4, -0.2) is 30.8 Å². The number of ether oxygens (including phenoxy) is 1. The zero-order chi connectivity index (χ0) is 21.0. The predicted molar refractivity (Wildman–Crippen MR) is 108 cm³/mol. The minimum atomic E-state index is -3.82. The van der Waals surface area contributed by atoms with Crippen LogP contribution in [0.15, 0.2) is 70.4 Å². The summed E-state index contributed by atoms with van der Waals surface area (Å²) >= 11 is 0. The van der Waals surface area contributed by atoms with E-state index < -0.39 is 16.0 Å². The number of carbonyl (C=O) groups excluding carboxylic acids is 1. The van der Waals surface area contributed by atoms with E-state index >= 15 is 0 Å². The number of aryl methyl sites for hydroxylation is 1. The second-order valence-electron chi connectivity index (χ2n) is 6.11. The summed E-state index contributed by atoms with van der Waals surface area (Å²) in [5, 5.41) is 4.16. The maximum absolute atomic E-state index is 12.6. The molecule has 1 heterocycles. The summed E-state index contributed by atoms with van der Waals surface area (Å²) in [6.45, 7) is 1.94. The number of nitrogens with one attached hydrogen (secondary N) is 1. The Balaban J connectivity index is 1.77. The first-order valence-electron chi connectivity index (χ1n) is 8.75. The van der Waals surface area contributed by atoms with Crippen LogP contribution in [0.5, 0.6) is 0 Å². The molecule has 0 spiro atoms. The molecule has 150 valence electrons. The third-order valence-corrected chi connectivity index (χ3v) is 5.47. The molecular formula is C20H19N3O5S. The number of rotatable bonds is 6. The van der Waals surface area contributed by atoms with Crippen LogP contribution in [0.25, 0.3) is 11.3 Å². The van der Waals surface area contributed by atoms with E-state index in [1.807, 2.05) is 0 Å². The van der Waals surface area contributed by atoms with Crippen molar-refractivity contribution in [3.63, 3.8) is 0 Å². The smallest absolute Gasteiger partial charge is 0.338 e. The molecule has 3 aromatic rings. The van der Waals surface area contributed by atoms with Crippen molar-refractivity contribution in [2.45, 2.75) is 11.8 Å². The standard InChI is InChI=1S/C20H19N3O5S/c1-3-28-20(25)15-6-10-17(11-7-15)29(26,27)22-16-8-4-14(5-9-16)18-12-13-19(24)23(2)21-18/h4-13,22H,3H2,1-2H3. The molecule has 0 aliphatic rings. The van der Waals surface area contributed by atoms with E-state index in [0.717, 1.165) is 5.56 Å². The Hall–Kier alpha value is -3.46. The van der Waals surface area contributed by atoms with E-state index in [4.69, 9.17) is 4.74 Å². The van der Waals surface area contributed by atoms with Crippen LogP contribution >= 0.6 is 0 Å². The average Bonchev–Trinajstić information content (AvgIpc) is 2.71. The molecule has 8 nitrogen and oxygen atoms in total. The molecule has 1 N–H and O–H groups in total. The first-order valence-corrected chi connectivity index (χ1v) is 10.2. The highest BCUT2D eigenvalue weighted by Crippen LogP contribution is 2.21. The molecule has 0 unspecified atom stereocenters. The van der Waals surface area contributed by atoms with Crippen molar-refractivity contribution in [2.75, 3.05) is 11.3 Å². The molecule has 0 amide bonds. The van der Waals surface area contributed by atoms with Gasteiger partial charge in [-0.25, -0.2) is 17.9 Å². The fourth-order valence-electron chi connectivity index (χ4n) is 2.56. The zero-order valence-electron chi connectivity index (χ0n) is 15.8. The third-order valence-electron chi connectivity index (χ3n) is 4.07. The Morgan fingerprint density at radius 1 is 1.03 bits per heavy atom. The van der Waals surface area contributed by atoms with Gasteiger partial charge in [0, 0.05) is 24.4 Å². The van der Waals surface area contributed by atoms with Crippen molar-refractivity contribution in [1.29, 1.82) is 0 Å². The average molecular weight is 413 g/mol. The van der Waals surface area contributed by atoms with Gasteiger partial charge >= 0.3 is 5.97 Å². The van der Waals surface area contributed by atoms with Crippen LogP contribution < -0.4 is 10.3 Å². The van der Waals surface area contributed by atoms with Gasteiger partial charge in [0.25, 0.3) is 15.6 Å². The Kier molecular flexibility index (Phi) is 5.79. The molecule has 29 heavy (non-hydrogen) atoms. The van der Waals surface area contributed by atoms with Crippen molar-refractivity contribution in [3.8, 4) is 11.3 Å². The molecule has 0 radical (unpaired) electrons. The van der Waals surface area contributed by atoms with E-state index in [0.29, 0.717) is 11.4 Å². The summed E-state index contributed by atoms with van der Waals surface area (Å²) in [5.74, 6) is -0.507. The maximum Gasteiger partial charge on any atom is 0.338 e. The Bertz CT molecular complexity index is 1180. The number of hydrogen-bond donors (Lipinski definition) is 1. The lowest BCUT2D eigenvalue weighted by atomic mass is 10.1. The second-order valence-corrected chi connectivity index (χ2v) is 7.79. The quantitative estimate of drug-likeness (QED) is 0.622. The molecular weight excluding hydrogens is 394 g/mol. The molecule has 0 aliphatic heterocycles. The van der Waals surface area contributed by atoms with Gasteiger partial charge in [0.1, 0.15) is 0 Å². The van der Waals surface area contributed by atoms with Crippen LogP contribution in [0.2, 0.25) is 0 Å². The molecule has 0 aliphatic carbocycles. The number of esters is 1. The third kappa shape index (κ3) is 4.69. The van der Waals surface area contributed by atoms with Crippen molar-refractivity contribution in [3.05, 3.63) is 76.6 Å². The Labute approximate surface area is 167 Å². The number of hydrogen-bond acceptors (Lipinski definition) is 6. The van der Waals surface area contributed by atoms with E-state index in [1.54, 1.807) is 44.3 Å². The van der Waals surface area contributed by atoms with Gasteiger partial charge < -0.3 is 4.74 Å². The lowest BCUT2D eigenvalue weighted by Gasteiger charge is -2.10. The summed E-state index contributed by atoms with van der Waals surface area (Å²) < 4.78 is 33.7. The van der Waals surface area contributed by atoms with Crippen LogP contribution in [0.3, 0.4) is 0 Å². The van der Waals surface area contributed by atoms with Crippen LogP contribution in [-0.2, 0) is 21.8 Å². The van der Waals surface area contributed by atoms with E-state index in [1.165, 1.54) is 35.0 Å². The molecule has 0 saturated carbocycles. The Morgan fingerprint density at radius 3 is 2.28 bits per heavy atom. The van der Waals surface area contributed by atoms with Crippen molar-refractivity contribution in [1.82, 2.24) is 9.78 Å². The van der Waals surface area contributed by atoms with Gasteiger partial charge in [-0.3, -0.25) is 9.52 Å². The molecule has 9 heteroatoms. The second kappa shape index (κ2) is 8.27. The number of benzene rings is 2. The number of aromatic nitrogens is 2. The molecule has 0 saturated heterocycles. The predicted octanol–water partition coefficient (Wildman–Crippen LogP) is 2.42. The van der Waals surface area contributed by atoms with Gasteiger partial charge in [-0.1, -0.05) is 12.1 Å². The van der Waals surface area contributed by atoms with Crippen LogP contribution in [0.1, 0.15) is 17.3 Å². The van der Waals surface area contributed by atoms with Gasteiger partial charge in [-0.15, -0.1) is 0 Å². The van der Waals surface area contributed by atoms with Crippen molar-refractivity contribution < 1.29 is 17.9 Å². The van der Waals surface area contributed by atoms with Gasteiger partial charge in [0.15, 0.2) is 0 Å². The lowest BCUT2D eigenvalue weighted by molar-refractivity contribution is 0.0526. The fourth-order valence-corrected chi connectivity index (χ4v) is 3.62. The Morgan fingerprint density at radius 2 is 1.69 bits per heavy atom. The zero-order valence-corrected chi connectivity index (χ0v) is 16.6.